The van der Waals surface area contributed by atoms with Crippen molar-refractivity contribution in [2.45, 2.75) is 25.9 Å². The Morgan fingerprint density at radius 2 is 1.85 bits per heavy atom. The van der Waals surface area contributed by atoms with E-state index in [1.54, 1.807) is 6.07 Å². The molecule has 0 N–H and O–H groups in total. The van der Waals surface area contributed by atoms with Crippen LogP contribution in [0.5, 0.6) is 5.75 Å². The monoisotopic (exact) mass is 361 g/mol. The van der Waals surface area contributed by atoms with Crippen LogP contribution in [0.3, 0.4) is 0 Å². The number of hydrogen-bond acceptors (Lipinski definition) is 5. The highest BCUT2D eigenvalue weighted by Crippen LogP contribution is 2.35. The van der Waals surface area contributed by atoms with Gasteiger partial charge in [0.1, 0.15) is 6.61 Å². The van der Waals surface area contributed by atoms with Crippen LogP contribution >= 0.6 is 0 Å². The zero-order chi connectivity index (χ0) is 18.7. The van der Waals surface area contributed by atoms with E-state index in [9.17, 15) is 18.8 Å². The first-order valence-electron chi connectivity index (χ1n) is 8.49. The molecular formula is C19H20FNO5. The third-order valence-electron chi connectivity index (χ3n) is 4.75. The maximum atomic E-state index is 13.6. The van der Waals surface area contributed by atoms with Gasteiger partial charge in [0.25, 0.3) is 0 Å². The van der Waals surface area contributed by atoms with Gasteiger partial charge in [0, 0.05) is 6.54 Å². The Hall–Kier alpha value is -2.70. The summed E-state index contributed by atoms with van der Waals surface area (Å²) < 4.78 is 23.5. The summed E-state index contributed by atoms with van der Waals surface area (Å²) in [7, 11) is 1.37. The summed E-state index contributed by atoms with van der Waals surface area (Å²) in [5, 5.41) is 0. The molecule has 2 atom stereocenters. The van der Waals surface area contributed by atoms with E-state index < -0.39 is 11.8 Å². The van der Waals surface area contributed by atoms with E-state index in [4.69, 9.17) is 9.47 Å². The molecule has 0 spiro atoms. The fourth-order valence-corrected chi connectivity index (χ4v) is 3.33. The van der Waals surface area contributed by atoms with Gasteiger partial charge in [-0.25, -0.2) is 4.39 Å². The largest absolute Gasteiger partial charge is 0.494 e. The molecule has 7 heteroatoms. The van der Waals surface area contributed by atoms with Crippen LogP contribution in [0.25, 0.3) is 0 Å². The van der Waals surface area contributed by atoms with Gasteiger partial charge in [-0.2, -0.15) is 0 Å². The number of methoxy groups -OCH3 is 1. The number of esters is 1. The standard InChI is InChI=1S/C19H20FNO5/c1-25-16-7-6-12(10-15(16)20)11-26-17(22)8-9-21-18(23)13-4-2-3-5-14(13)19(21)24/h2-3,6-7,10,13-14H,4-5,8-9,11H2,1H3/t13-,14-/m1/s1. The SMILES string of the molecule is COc1ccc(COC(=O)CCN2C(=O)[C@@H]3CC=CC[C@H]3C2=O)cc1F. The summed E-state index contributed by atoms with van der Waals surface area (Å²) >= 11 is 0. The Labute approximate surface area is 150 Å². The lowest BCUT2D eigenvalue weighted by molar-refractivity contribution is -0.146. The number of carbonyl (C=O) groups is 3. The predicted octanol–water partition coefficient (Wildman–Crippen LogP) is 2.22. The van der Waals surface area contributed by atoms with Gasteiger partial charge in [-0.15, -0.1) is 0 Å². The Bertz CT molecular complexity index is 734. The molecule has 26 heavy (non-hydrogen) atoms. The average molecular weight is 361 g/mol. The van der Waals surface area contributed by atoms with Crippen LogP contribution in [0.2, 0.25) is 0 Å². The summed E-state index contributed by atoms with van der Waals surface area (Å²) in [5.74, 6) is -2.00. The fourth-order valence-electron chi connectivity index (χ4n) is 3.33. The van der Waals surface area contributed by atoms with Crippen molar-refractivity contribution in [2.75, 3.05) is 13.7 Å². The third kappa shape index (κ3) is 3.61. The quantitative estimate of drug-likeness (QED) is 0.441. The normalized spacial score (nSPS) is 21.7. The van der Waals surface area contributed by atoms with Crippen molar-refractivity contribution in [1.82, 2.24) is 4.90 Å². The minimum atomic E-state index is -0.546. The topological polar surface area (TPSA) is 72.9 Å². The molecule has 6 nitrogen and oxygen atoms in total. The van der Waals surface area contributed by atoms with Crippen molar-refractivity contribution >= 4 is 17.8 Å². The fraction of sp³-hybridized carbons (Fsp3) is 0.421. The van der Waals surface area contributed by atoms with Crippen LogP contribution in [-0.4, -0.2) is 36.3 Å². The highest BCUT2D eigenvalue weighted by atomic mass is 19.1. The van der Waals surface area contributed by atoms with E-state index in [1.165, 1.54) is 19.2 Å². The van der Waals surface area contributed by atoms with Crippen LogP contribution in [0.15, 0.2) is 30.4 Å². The molecule has 1 saturated heterocycles. The van der Waals surface area contributed by atoms with Crippen molar-refractivity contribution in [2.24, 2.45) is 11.8 Å². The molecule has 1 fully saturated rings. The van der Waals surface area contributed by atoms with E-state index >= 15 is 0 Å². The number of ether oxygens (including phenoxy) is 2. The highest BCUT2D eigenvalue weighted by Gasteiger charge is 2.46. The average Bonchev–Trinajstić information content (AvgIpc) is 2.89. The minimum absolute atomic E-state index is 0.0144. The number of likely N-dealkylation sites (tertiary alicyclic amines) is 1. The number of rotatable bonds is 6. The third-order valence-corrected chi connectivity index (χ3v) is 4.75. The Balaban J connectivity index is 1.49. The number of amides is 2. The lowest BCUT2D eigenvalue weighted by Crippen LogP contribution is -2.33. The highest BCUT2D eigenvalue weighted by molar-refractivity contribution is 6.05. The molecule has 3 rings (SSSR count). The molecule has 1 aromatic carbocycles. The lowest BCUT2D eigenvalue weighted by atomic mass is 9.85. The second kappa shape index (κ2) is 7.68. The van der Waals surface area contributed by atoms with E-state index in [2.05, 4.69) is 0 Å². The summed E-state index contributed by atoms with van der Waals surface area (Å²) in [6.45, 7) is -0.0721. The van der Waals surface area contributed by atoms with Crippen molar-refractivity contribution in [3.63, 3.8) is 0 Å². The van der Waals surface area contributed by atoms with Gasteiger partial charge in [0.05, 0.1) is 25.4 Å². The number of imide groups is 1. The molecule has 2 aliphatic rings. The summed E-state index contributed by atoms with van der Waals surface area (Å²) in [6, 6.07) is 4.29. The molecule has 0 bridgehead atoms. The Morgan fingerprint density at radius 1 is 1.19 bits per heavy atom. The number of nitrogens with zero attached hydrogens (tertiary/aromatic N) is 1. The zero-order valence-electron chi connectivity index (χ0n) is 14.4. The van der Waals surface area contributed by atoms with Crippen LogP contribution in [0, 0.1) is 17.7 Å². The first kappa shape index (κ1) is 18.1. The van der Waals surface area contributed by atoms with Gasteiger partial charge >= 0.3 is 5.97 Å². The van der Waals surface area contributed by atoms with E-state index in [-0.39, 0.29) is 49.0 Å². The van der Waals surface area contributed by atoms with Crippen LogP contribution < -0.4 is 4.74 Å². The van der Waals surface area contributed by atoms with Crippen molar-refractivity contribution in [3.05, 3.63) is 41.7 Å². The van der Waals surface area contributed by atoms with E-state index in [0.29, 0.717) is 18.4 Å². The molecule has 0 unspecified atom stereocenters. The Morgan fingerprint density at radius 3 is 2.42 bits per heavy atom. The number of allylic oxidation sites excluding steroid dienone is 2. The van der Waals surface area contributed by atoms with E-state index in [0.717, 1.165) is 4.90 Å². The lowest BCUT2D eigenvalue weighted by Gasteiger charge is -2.14. The van der Waals surface area contributed by atoms with Gasteiger partial charge in [-0.05, 0) is 30.5 Å². The van der Waals surface area contributed by atoms with Crippen LogP contribution in [0.4, 0.5) is 4.39 Å². The summed E-state index contributed by atoms with van der Waals surface area (Å²) in [4.78, 5) is 37.7. The zero-order valence-corrected chi connectivity index (χ0v) is 14.4. The van der Waals surface area contributed by atoms with Crippen molar-refractivity contribution in [1.29, 1.82) is 0 Å². The molecular weight excluding hydrogens is 341 g/mol. The van der Waals surface area contributed by atoms with Crippen molar-refractivity contribution < 1.29 is 28.2 Å². The minimum Gasteiger partial charge on any atom is -0.494 e. The number of carbonyl (C=O) groups excluding carboxylic acids is 3. The summed E-state index contributed by atoms with van der Waals surface area (Å²) in [5.41, 5.74) is 0.488. The maximum absolute atomic E-state index is 13.6. The second-order valence-corrected chi connectivity index (χ2v) is 6.36. The number of halogens is 1. The van der Waals surface area contributed by atoms with Crippen LogP contribution in [0.1, 0.15) is 24.8 Å². The molecule has 0 aromatic heterocycles. The first-order chi connectivity index (χ1) is 12.5. The molecule has 1 heterocycles. The molecule has 0 saturated carbocycles. The van der Waals surface area contributed by atoms with Crippen LogP contribution in [-0.2, 0) is 25.7 Å². The summed E-state index contributed by atoms with van der Waals surface area (Å²) in [6.07, 6.45) is 4.89. The number of benzene rings is 1. The van der Waals surface area contributed by atoms with Gasteiger partial charge in [-0.3, -0.25) is 19.3 Å². The predicted molar refractivity (Wildman–Crippen MR) is 89.4 cm³/mol. The first-order valence-corrected chi connectivity index (χ1v) is 8.49. The Kier molecular flexibility index (Phi) is 5.35. The van der Waals surface area contributed by atoms with E-state index in [1.807, 2.05) is 12.2 Å². The van der Waals surface area contributed by atoms with Gasteiger partial charge in [0.15, 0.2) is 11.6 Å². The smallest absolute Gasteiger partial charge is 0.307 e. The van der Waals surface area contributed by atoms with Crippen molar-refractivity contribution in [3.8, 4) is 5.75 Å². The molecule has 0 radical (unpaired) electrons. The van der Waals surface area contributed by atoms with Gasteiger partial charge in [-0.1, -0.05) is 18.2 Å². The van der Waals surface area contributed by atoms with Gasteiger partial charge < -0.3 is 9.47 Å². The molecule has 1 aliphatic carbocycles. The number of hydrogen-bond donors (Lipinski definition) is 0. The maximum Gasteiger partial charge on any atom is 0.307 e. The van der Waals surface area contributed by atoms with Gasteiger partial charge in [0.2, 0.25) is 11.8 Å². The molecule has 1 aliphatic heterocycles. The molecule has 2 amide bonds. The molecule has 1 aromatic rings. The number of fused-ring (bicyclic) bond motifs is 1. The molecule has 138 valence electrons. The second-order valence-electron chi connectivity index (χ2n) is 6.36.